The lowest BCUT2D eigenvalue weighted by molar-refractivity contribution is -0.125. The highest BCUT2D eigenvalue weighted by molar-refractivity contribution is 9.10. The zero-order valence-electron chi connectivity index (χ0n) is 9.44. The lowest BCUT2D eigenvalue weighted by Gasteiger charge is -2.16. The van der Waals surface area contributed by atoms with Crippen LogP contribution in [0.5, 0.6) is 0 Å². The van der Waals surface area contributed by atoms with Crippen LogP contribution in [0.3, 0.4) is 0 Å². The van der Waals surface area contributed by atoms with E-state index in [4.69, 9.17) is 0 Å². The summed E-state index contributed by atoms with van der Waals surface area (Å²) in [5.41, 5.74) is 0.838. The Morgan fingerprint density at radius 2 is 2.06 bits per heavy atom. The lowest BCUT2D eigenvalue weighted by atomic mass is 10.1. The van der Waals surface area contributed by atoms with Gasteiger partial charge in [-0.25, -0.2) is 0 Å². The molecule has 1 atom stereocenters. The van der Waals surface area contributed by atoms with Crippen LogP contribution >= 0.6 is 15.9 Å². The fraction of sp³-hybridized carbons (Fsp3) is 0.333. The van der Waals surface area contributed by atoms with Gasteiger partial charge in [0.15, 0.2) is 0 Å². The number of halogens is 1. The molecule has 0 bridgehead atoms. The number of carbonyl (C=O) groups excluding carboxylic acids is 2. The van der Waals surface area contributed by atoms with Crippen LogP contribution in [0.2, 0.25) is 0 Å². The van der Waals surface area contributed by atoms with Crippen molar-refractivity contribution in [1.82, 2.24) is 5.32 Å². The summed E-state index contributed by atoms with van der Waals surface area (Å²) in [5, 5.41) is 2.58. The predicted molar refractivity (Wildman–Crippen MR) is 68.7 cm³/mol. The second kappa shape index (κ2) is 4.87. The molecule has 2 rings (SSSR count). The summed E-state index contributed by atoms with van der Waals surface area (Å²) in [6.07, 6.45) is 0.287. The molecule has 0 unspecified atom stereocenters. The summed E-state index contributed by atoms with van der Waals surface area (Å²) < 4.78 is 0.968. The van der Waals surface area contributed by atoms with Gasteiger partial charge in [-0.05, 0) is 24.3 Å². The van der Waals surface area contributed by atoms with Gasteiger partial charge < -0.3 is 10.2 Å². The Kier molecular flexibility index (Phi) is 3.47. The number of nitrogens with one attached hydrogen (secondary N) is 1. The first-order valence-electron chi connectivity index (χ1n) is 5.39. The second-order valence-corrected chi connectivity index (χ2v) is 4.91. The van der Waals surface area contributed by atoms with E-state index >= 15 is 0 Å². The summed E-state index contributed by atoms with van der Waals surface area (Å²) in [6, 6.07) is 7.51. The number of hydrogen-bond donors (Lipinski definition) is 1. The van der Waals surface area contributed by atoms with Gasteiger partial charge in [-0.2, -0.15) is 0 Å². The van der Waals surface area contributed by atoms with E-state index in [0.29, 0.717) is 6.54 Å². The third-order valence-electron chi connectivity index (χ3n) is 2.88. The van der Waals surface area contributed by atoms with Gasteiger partial charge in [0.05, 0.1) is 5.92 Å². The number of carbonyl (C=O) groups is 2. The number of hydrogen-bond acceptors (Lipinski definition) is 2. The van der Waals surface area contributed by atoms with Crippen LogP contribution in [-0.2, 0) is 9.59 Å². The highest BCUT2D eigenvalue weighted by Crippen LogP contribution is 2.26. The van der Waals surface area contributed by atoms with E-state index in [2.05, 4.69) is 21.2 Å². The van der Waals surface area contributed by atoms with Gasteiger partial charge >= 0.3 is 0 Å². The zero-order valence-corrected chi connectivity index (χ0v) is 11.0. The molecule has 1 N–H and O–H groups in total. The minimum Gasteiger partial charge on any atom is -0.359 e. The highest BCUT2D eigenvalue weighted by atomic mass is 79.9. The molecule has 17 heavy (non-hydrogen) atoms. The van der Waals surface area contributed by atoms with E-state index in [1.807, 2.05) is 24.3 Å². The molecule has 1 aliphatic heterocycles. The quantitative estimate of drug-likeness (QED) is 0.900. The highest BCUT2D eigenvalue weighted by Gasteiger charge is 2.34. The summed E-state index contributed by atoms with van der Waals surface area (Å²) in [5.74, 6) is -0.310. The molecular weight excluding hydrogens is 284 g/mol. The maximum Gasteiger partial charge on any atom is 0.227 e. The fourth-order valence-corrected chi connectivity index (χ4v) is 2.22. The van der Waals surface area contributed by atoms with Gasteiger partial charge in [-0.1, -0.05) is 15.9 Å². The van der Waals surface area contributed by atoms with E-state index in [1.165, 1.54) is 0 Å². The van der Waals surface area contributed by atoms with Crippen molar-refractivity contribution in [3.63, 3.8) is 0 Å². The first-order chi connectivity index (χ1) is 8.11. The molecule has 1 aliphatic rings. The Morgan fingerprint density at radius 3 is 2.65 bits per heavy atom. The molecule has 1 aromatic carbocycles. The molecule has 0 spiro atoms. The second-order valence-electron chi connectivity index (χ2n) is 4.00. The van der Waals surface area contributed by atoms with Crippen molar-refractivity contribution in [3.05, 3.63) is 28.7 Å². The van der Waals surface area contributed by atoms with Gasteiger partial charge in [0.1, 0.15) is 0 Å². The Bertz CT molecular complexity index is 444. The van der Waals surface area contributed by atoms with Crippen molar-refractivity contribution < 1.29 is 9.59 Å². The predicted octanol–water partition coefficient (Wildman–Crippen LogP) is 1.55. The summed E-state index contributed by atoms with van der Waals surface area (Å²) >= 11 is 3.35. The van der Waals surface area contributed by atoms with Crippen molar-refractivity contribution in [2.45, 2.75) is 6.42 Å². The third-order valence-corrected chi connectivity index (χ3v) is 3.41. The molecular formula is C12H13BrN2O2. The molecule has 90 valence electrons. The van der Waals surface area contributed by atoms with Gasteiger partial charge in [-0.15, -0.1) is 0 Å². The van der Waals surface area contributed by atoms with Crippen LogP contribution in [-0.4, -0.2) is 25.4 Å². The molecule has 4 nitrogen and oxygen atoms in total. The first-order valence-corrected chi connectivity index (χ1v) is 6.18. The first kappa shape index (κ1) is 12.1. The SMILES string of the molecule is CNC(=O)[C@H]1CC(=O)N(c2ccc(Br)cc2)C1. The van der Waals surface area contributed by atoms with Crippen molar-refractivity contribution in [2.75, 3.05) is 18.5 Å². The Balaban J connectivity index is 2.15. The van der Waals surface area contributed by atoms with Crippen LogP contribution < -0.4 is 10.2 Å². The molecule has 0 saturated carbocycles. The normalized spacial score (nSPS) is 19.5. The third kappa shape index (κ3) is 2.49. The molecule has 5 heteroatoms. The summed E-state index contributed by atoms with van der Waals surface area (Å²) in [7, 11) is 1.59. The molecule has 0 radical (unpaired) electrons. The molecule has 1 fully saturated rings. The van der Waals surface area contributed by atoms with Crippen LogP contribution in [0.15, 0.2) is 28.7 Å². The number of benzene rings is 1. The minimum absolute atomic E-state index is 0.000854. The van der Waals surface area contributed by atoms with E-state index in [1.54, 1.807) is 11.9 Å². The van der Waals surface area contributed by atoms with Crippen molar-refractivity contribution >= 4 is 33.4 Å². The van der Waals surface area contributed by atoms with E-state index in [0.717, 1.165) is 10.2 Å². The molecule has 2 amide bonds. The minimum atomic E-state index is -0.240. The van der Waals surface area contributed by atoms with Crippen molar-refractivity contribution in [3.8, 4) is 0 Å². The van der Waals surface area contributed by atoms with Gasteiger partial charge in [-0.3, -0.25) is 9.59 Å². The summed E-state index contributed by atoms with van der Waals surface area (Å²) in [4.78, 5) is 25.0. The van der Waals surface area contributed by atoms with E-state index in [-0.39, 0.29) is 24.2 Å². The largest absolute Gasteiger partial charge is 0.359 e. The van der Waals surface area contributed by atoms with Gasteiger partial charge in [0.25, 0.3) is 0 Å². The van der Waals surface area contributed by atoms with Crippen molar-refractivity contribution in [2.24, 2.45) is 5.92 Å². The fourth-order valence-electron chi connectivity index (χ4n) is 1.96. The maximum absolute atomic E-state index is 11.8. The van der Waals surface area contributed by atoms with Crippen molar-refractivity contribution in [1.29, 1.82) is 0 Å². The average molecular weight is 297 g/mol. The molecule has 0 aliphatic carbocycles. The van der Waals surface area contributed by atoms with Crippen LogP contribution in [0.25, 0.3) is 0 Å². The Labute approximate surface area is 108 Å². The molecule has 1 aromatic rings. The van der Waals surface area contributed by atoms with Crippen LogP contribution in [0.4, 0.5) is 5.69 Å². The monoisotopic (exact) mass is 296 g/mol. The van der Waals surface area contributed by atoms with E-state index in [9.17, 15) is 9.59 Å². The number of nitrogens with zero attached hydrogens (tertiary/aromatic N) is 1. The average Bonchev–Trinajstić information content (AvgIpc) is 2.71. The molecule has 1 saturated heterocycles. The van der Waals surface area contributed by atoms with Gasteiger partial charge in [0.2, 0.25) is 11.8 Å². The van der Waals surface area contributed by atoms with Gasteiger partial charge in [0, 0.05) is 30.2 Å². The number of anilines is 1. The van der Waals surface area contributed by atoms with E-state index < -0.39 is 0 Å². The molecule has 0 aromatic heterocycles. The number of rotatable bonds is 2. The lowest BCUT2D eigenvalue weighted by Crippen LogP contribution is -2.30. The standard InChI is InChI=1S/C12H13BrN2O2/c1-14-12(17)8-6-11(16)15(7-8)10-4-2-9(13)3-5-10/h2-5,8H,6-7H2,1H3,(H,14,17)/t8-/m0/s1. The Morgan fingerprint density at radius 1 is 1.41 bits per heavy atom. The smallest absolute Gasteiger partial charge is 0.227 e. The van der Waals surface area contributed by atoms with Crippen LogP contribution in [0.1, 0.15) is 6.42 Å². The Hall–Kier alpha value is -1.36. The summed E-state index contributed by atoms with van der Waals surface area (Å²) in [6.45, 7) is 0.458. The number of amides is 2. The maximum atomic E-state index is 11.8. The topological polar surface area (TPSA) is 49.4 Å². The van der Waals surface area contributed by atoms with Crippen LogP contribution in [0, 0.1) is 5.92 Å². The zero-order chi connectivity index (χ0) is 12.4. The molecule has 1 heterocycles.